The van der Waals surface area contributed by atoms with Gasteiger partial charge in [0.05, 0.1) is 10.6 Å². The van der Waals surface area contributed by atoms with Gasteiger partial charge in [0.1, 0.15) is 12.6 Å². The van der Waals surface area contributed by atoms with Crippen LogP contribution in [0.3, 0.4) is 0 Å². The lowest BCUT2D eigenvalue weighted by Crippen LogP contribution is -2.54. The Morgan fingerprint density at radius 2 is 1.49 bits per heavy atom. The zero-order valence-corrected chi connectivity index (χ0v) is 27.7. The molecule has 0 saturated carbocycles. The summed E-state index contributed by atoms with van der Waals surface area (Å²) in [4.78, 5) is 30.0. The van der Waals surface area contributed by atoms with Gasteiger partial charge in [-0.05, 0) is 68.1 Å². The van der Waals surface area contributed by atoms with E-state index in [1.54, 1.807) is 36.4 Å². The van der Waals surface area contributed by atoms with E-state index in [4.69, 9.17) is 11.6 Å². The van der Waals surface area contributed by atoms with Gasteiger partial charge >= 0.3 is 0 Å². The Labute approximate surface area is 271 Å². The summed E-state index contributed by atoms with van der Waals surface area (Å²) in [5.41, 5.74) is 3.74. The van der Waals surface area contributed by atoms with E-state index in [1.165, 1.54) is 17.0 Å². The average Bonchev–Trinajstić information content (AvgIpc) is 3.03. The highest BCUT2D eigenvalue weighted by Crippen LogP contribution is 2.29. The average molecular weight is 646 g/mol. The maximum Gasteiger partial charge on any atom is 0.264 e. The van der Waals surface area contributed by atoms with Gasteiger partial charge in [0.25, 0.3) is 10.0 Å². The number of amides is 2. The van der Waals surface area contributed by atoms with Crippen molar-refractivity contribution in [3.63, 3.8) is 0 Å². The predicted molar refractivity (Wildman–Crippen MR) is 181 cm³/mol. The first-order chi connectivity index (χ1) is 21.5. The molecular formula is C36H40ClN3O4S. The molecule has 0 aliphatic carbocycles. The van der Waals surface area contributed by atoms with Gasteiger partial charge in [-0.1, -0.05) is 103 Å². The van der Waals surface area contributed by atoms with Crippen molar-refractivity contribution in [3.05, 3.63) is 130 Å². The zero-order chi connectivity index (χ0) is 32.6. The Bertz CT molecular complexity index is 1720. The van der Waals surface area contributed by atoms with Crippen LogP contribution in [0.1, 0.15) is 42.5 Å². The van der Waals surface area contributed by atoms with Crippen molar-refractivity contribution in [2.45, 2.75) is 64.1 Å². The van der Waals surface area contributed by atoms with Crippen molar-refractivity contribution in [3.8, 4) is 0 Å². The fourth-order valence-electron chi connectivity index (χ4n) is 4.99. The summed E-state index contributed by atoms with van der Waals surface area (Å²) < 4.78 is 29.3. The Morgan fingerprint density at radius 1 is 0.844 bits per heavy atom. The minimum Gasteiger partial charge on any atom is -0.352 e. The van der Waals surface area contributed by atoms with Crippen LogP contribution in [0.5, 0.6) is 0 Å². The standard InChI is InChI=1S/C36H40ClN3O4S/c1-5-28(4)38-36(42)34(22-29-14-8-6-9-15-29)39(24-30-16-12-13-26(2)21-30)35(41)25-40(31-20-19-27(3)33(37)23-31)45(43,44)32-17-10-7-11-18-32/h6-21,23,28,34H,5,22,24-25H2,1-4H3,(H,38,42)/t28-,34-/m1/s1. The summed E-state index contributed by atoms with van der Waals surface area (Å²) in [6, 6.07) is 29.1. The van der Waals surface area contributed by atoms with Gasteiger partial charge < -0.3 is 10.2 Å². The molecule has 0 aliphatic rings. The summed E-state index contributed by atoms with van der Waals surface area (Å²) in [6.07, 6.45) is 0.968. The van der Waals surface area contributed by atoms with Crippen LogP contribution in [0, 0.1) is 13.8 Å². The van der Waals surface area contributed by atoms with Crippen molar-refractivity contribution in [2.24, 2.45) is 0 Å². The molecule has 0 aliphatic heterocycles. The van der Waals surface area contributed by atoms with Crippen molar-refractivity contribution >= 4 is 39.1 Å². The van der Waals surface area contributed by atoms with E-state index in [0.29, 0.717) is 11.4 Å². The normalized spacial score (nSPS) is 12.6. The Morgan fingerprint density at radius 3 is 2.11 bits per heavy atom. The Hall–Kier alpha value is -4.14. The van der Waals surface area contributed by atoms with Crippen LogP contribution in [-0.2, 0) is 32.6 Å². The van der Waals surface area contributed by atoms with E-state index in [0.717, 1.165) is 26.6 Å². The molecule has 0 radical (unpaired) electrons. The monoisotopic (exact) mass is 645 g/mol. The van der Waals surface area contributed by atoms with E-state index in [-0.39, 0.29) is 35.5 Å². The van der Waals surface area contributed by atoms with Crippen LogP contribution >= 0.6 is 11.6 Å². The molecule has 2 atom stereocenters. The number of nitrogens with zero attached hydrogens (tertiary/aromatic N) is 2. The number of benzene rings is 4. The molecule has 4 aromatic rings. The quantitative estimate of drug-likeness (QED) is 0.175. The van der Waals surface area contributed by atoms with E-state index in [9.17, 15) is 18.0 Å². The third kappa shape index (κ3) is 8.74. The number of hydrogen-bond acceptors (Lipinski definition) is 4. The molecular weight excluding hydrogens is 606 g/mol. The molecule has 0 fully saturated rings. The summed E-state index contributed by atoms with van der Waals surface area (Å²) in [5, 5.41) is 3.43. The van der Waals surface area contributed by atoms with Gasteiger partial charge in [0, 0.05) is 24.0 Å². The topological polar surface area (TPSA) is 86.8 Å². The molecule has 45 heavy (non-hydrogen) atoms. The third-order valence-electron chi connectivity index (χ3n) is 7.76. The lowest BCUT2D eigenvalue weighted by molar-refractivity contribution is -0.140. The summed E-state index contributed by atoms with van der Waals surface area (Å²) in [6.45, 7) is 7.25. The molecule has 4 aromatic carbocycles. The van der Waals surface area contributed by atoms with Gasteiger partial charge in [0.15, 0.2) is 0 Å². The Balaban J connectivity index is 1.82. The maximum absolute atomic E-state index is 14.5. The lowest BCUT2D eigenvalue weighted by atomic mass is 10.0. The summed E-state index contributed by atoms with van der Waals surface area (Å²) in [7, 11) is -4.19. The molecule has 1 N–H and O–H groups in total. The number of carbonyl (C=O) groups is 2. The highest BCUT2D eigenvalue weighted by molar-refractivity contribution is 7.92. The number of aryl methyl sites for hydroxylation is 2. The minimum absolute atomic E-state index is 0.0371. The largest absolute Gasteiger partial charge is 0.352 e. The fraction of sp³-hybridized carbons (Fsp3) is 0.278. The van der Waals surface area contributed by atoms with Crippen molar-refractivity contribution in [2.75, 3.05) is 10.8 Å². The summed E-state index contributed by atoms with van der Waals surface area (Å²) in [5.74, 6) is -0.821. The number of sulfonamides is 1. The van der Waals surface area contributed by atoms with Crippen LogP contribution in [0.2, 0.25) is 5.02 Å². The number of anilines is 1. The second kappa shape index (κ2) is 15.2. The predicted octanol–water partition coefficient (Wildman–Crippen LogP) is 6.71. The summed E-state index contributed by atoms with van der Waals surface area (Å²) >= 11 is 6.45. The molecule has 9 heteroatoms. The molecule has 0 heterocycles. The zero-order valence-electron chi connectivity index (χ0n) is 26.1. The number of carbonyl (C=O) groups excluding carboxylic acids is 2. The highest BCUT2D eigenvalue weighted by atomic mass is 35.5. The SMILES string of the molecule is CC[C@@H](C)NC(=O)[C@@H](Cc1ccccc1)N(Cc1cccc(C)c1)C(=O)CN(c1ccc(C)c(Cl)c1)S(=O)(=O)c1ccccc1. The molecule has 0 aromatic heterocycles. The molecule has 236 valence electrons. The van der Waals surface area contributed by atoms with Gasteiger partial charge in [-0.25, -0.2) is 8.42 Å². The van der Waals surface area contributed by atoms with E-state index in [2.05, 4.69) is 5.32 Å². The van der Waals surface area contributed by atoms with Crippen LogP contribution < -0.4 is 9.62 Å². The molecule has 0 unspecified atom stereocenters. The first kappa shape index (κ1) is 33.7. The van der Waals surface area contributed by atoms with Crippen LogP contribution in [0.25, 0.3) is 0 Å². The van der Waals surface area contributed by atoms with Crippen molar-refractivity contribution in [1.82, 2.24) is 10.2 Å². The Kier molecular flexibility index (Phi) is 11.4. The van der Waals surface area contributed by atoms with Crippen molar-refractivity contribution < 1.29 is 18.0 Å². The van der Waals surface area contributed by atoms with Gasteiger partial charge in [-0.2, -0.15) is 0 Å². The number of nitrogens with one attached hydrogen (secondary N) is 1. The second-order valence-corrected chi connectivity index (χ2v) is 13.6. The number of hydrogen-bond donors (Lipinski definition) is 1. The molecule has 0 saturated heterocycles. The van der Waals surface area contributed by atoms with Crippen LogP contribution in [-0.4, -0.2) is 43.8 Å². The molecule has 7 nitrogen and oxygen atoms in total. The minimum atomic E-state index is -4.19. The first-order valence-electron chi connectivity index (χ1n) is 15.0. The van der Waals surface area contributed by atoms with E-state index < -0.39 is 28.5 Å². The molecule has 4 rings (SSSR count). The van der Waals surface area contributed by atoms with Gasteiger partial charge in [0.2, 0.25) is 11.8 Å². The second-order valence-electron chi connectivity index (χ2n) is 11.3. The van der Waals surface area contributed by atoms with E-state index in [1.807, 2.05) is 82.3 Å². The fourth-order valence-corrected chi connectivity index (χ4v) is 6.59. The van der Waals surface area contributed by atoms with Crippen LogP contribution in [0.4, 0.5) is 5.69 Å². The third-order valence-corrected chi connectivity index (χ3v) is 9.96. The highest BCUT2D eigenvalue weighted by Gasteiger charge is 2.35. The van der Waals surface area contributed by atoms with Crippen LogP contribution in [0.15, 0.2) is 108 Å². The number of halogens is 1. The molecule has 0 spiro atoms. The maximum atomic E-state index is 14.5. The van der Waals surface area contributed by atoms with E-state index >= 15 is 0 Å². The first-order valence-corrected chi connectivity index (χ1v) is 16.8. The van der Waals surface area contributed by atoms with Crippen molar-refractivity contribution in [1.29, 1.82) is 0 Å². The lowest BCUT2D eigenvalue weighted by Gasteiger charge is -2.34. The smallest absolute Gasteiger partial charge is 0.264 e. The molecule has 2 amide bonds. The van der Waals surface area contributed by atoms with Gasteiger partial charge in [-0.3, -0.25) is 13.9 Å². The molecule has 0 bridgehead atoms. The number of rotatable bonds is 13. The van der Waals surface area contributed by atoms with Gasteiger partial charge in [-0.15, -0.1) is 0 Å².